The van der Waals surface area contributed by atoms with Crippen molar-refractivity contribution < 1.29 is 38.7 Å². The van der Waals surface area contributed by atoms with Crippen LogP contribution in [0.1, 0.15) is 22.8 Å². The van der Waals surface area contributed by atoms with Crippen LogP contribution in [0.25, 0.3) is 10.8 Å². The van der Waals surface area contributed by atoms with Crippen LogP contribution >= 0.6 is 11.6 Å². The number of fused-ring (bicyclic) bond motifs is 1. The Bertz CT molecular complexity index is 1160. The second kappa shape index (κ2) is 8.90. The van der Waals surface area contributed by atoms with Crippen molar-refractivity contribution in [2.45, 2.75) is 37.1 Å². The topological polar surface area (TPSA) is 99.4 Å². The average molecular weight is 467 g/mol. The molecule has 1 aliphatic heterocycles. The summed E-state index contributed by atoms with van der Waals surface area (Å²) in [5.74, 6) is -2.41. The maximum atomic E-state index is 14.6. The third-order valence-corrected chi connectivity index (χ3v) is 6.15. The predicted molar refractivity (Wildman–Crippen MR) is 113 cm³/mol. The molecule has 1 fully saturated rings. The van der Waals surface area contributed by atoms with Gasteiger partial charge in [0.15, 0.2) is 17.9 Å². The van der Waals surface area contributed by atoms with Crippen LogP contribution in [0.4, 0.5) is 8.78 Å². The summed E-state index contributed by atoms with van der Waals surface area (Å²) in [5.41, 5.74) is 0.814. The number of rotatable bonds is 4. The van der Waals surface area contributed by atoms with E-state index in [1.54, 1.807) is 30.3 Å². The summed E-state index contributed by atoms with van der Waals surface area (Å²) < 4.78 is 39.0. The summed E-state index contributed by atoms with van der Waals surface area (Å²) in [5, 5.41) is 41.8. The Kier molecular flexibility index (Phi) is 6.35. The summed E-state index contributed by atoms with van der Waals surface area (Å²) in [6, 6.07) is 11.2. The molecule has 4 rings (SSSR count). The maximum absolute atomic E-state index is 14.6. The molecule has 3 aromatic carbocycles. The lowest BCUT2D eigenvalue weighted by molar-refractivity contribution is -0.284. The van der Waals surface area contributed by atoms with Gasteiger partial charge in [-0.05, 0) is 28.1 Å². The van der Waals surface area contributed by atoms with Gasteiger partial charge < -0.3 is 29.9 Å². The first-order chi connectivity index (χ1) is 15.2. The molecule has 0 amide bonds. The highest BCUT2D eigenvalue weighted by Crippen LogP contribution is 2.40. The van der Waals surface area contributed by atoms with E-state index in [1.165, 1.54) is 19.2 Å². The van der Waals surface area contributed by atoms with E-state index >= 15 is 0 Å². The van der Waals surface area contributed by atoms with E-state index in [0.717, 1.165) is 0 Å². The van der Waals surface area contributed by atoms with Crippen molar-refractivity contribution in [1.29, 1.82) is 0 Å². The van der Waals surface area contributed by atoms with Crippen LogP contribution in [-0.2, 0) is 11.2 Å². The Hall–Kier alpha value is -2.33. The van der Waals surface area contributed by atoms with Gasteiger partial charge in [0.05, 0.1) is 12.1 Å². The zero-order valence-corrected chi connectivity index (χ0v) is 17.6. The predicted octanol–water partition coefficient (Wildman–Crippen LogP) is 2.84. The molecule has 0 aliphatic carbocycles. The van der Waals surface area contributed by atoms with Crippen molar-refractivity contribution in [2.75, 3.05) is 7.11 Å². The normalized spacial score (nSPS) is 25.8. The lowest BCUT2D eigenvalue weighted by atomic mass is 9.88. The molecule has 0 radical (unpaired) electrons. The van der Waals surface area contributed by atoms with Crippen LogP contribution in [-0.4, -0.2) is 52.1 Å². The van der Waals surface area contributed by atoms with E-state index < -0.39 is 42.3 Å². The van der Waals surface area contributed by atoms with E-state index in [1.807, 2.05) is 0 Å². The molecule has 6 nitrogen and oxygen atoms in total. The van der Waals surface area contributed by atoms with Gasteiger partial charge in [-0.2, -0.15) is 4.39 Å². The molecule has 0 aromatic heterocycles. The second-order valence-corrected chi connectivity index (χ2v) is 8.01. The minimum Gasteiger partial charge on any atom is -0.494 e. The van der Waals surface area contributed by atoms with Gasteiger partial charge in [0, 0.05) is 11.8 Å². The van der Waals surface area contributed by atoms with Crippen molar-refractivity contribution in [1.82, 2.24) is 0 Å². The molecule has 1 aliphatic rings. The van der Waals surface area contributed by atoms with Gasteiger partial charge in [0.1, 0.15) is 24.4 Å². The number of hydrogen-bond donors (Lipinski definition) is 4. The summed E-state index contributed by atoms with van der Waals surface area (Å²) >= 11 is 6.59. The third kappa shape index (κ3) is 3.83. The smallest absolute Gasteiger partial charge is 0.200 e. The van der Waals surface area contributed by atoms with Crippen molar-refractivity contribution in [2.24, 2.45) is 0 Å². The number of methoxy groups -OCH3 is 1. The molecule has 32 heavy (non-hydrogen) atoms. The van der Waals surface area contributed by atoms with Crippen molar-refractivity contribution in [3.63, 3.8) is 0 Å². The van der Waals surface area contributed by atoms with Gasteiger partial charge in [-0.15, -0.1) is 0 Å². The number of benzene rings is 3. The van der Waals surface area contributed by atoms with Gasteiger partial charge in [-0.3, -0.25) is 0 Å². The molecule has 1 heterocycles. The minimum absolute atomic E-state index is 0.0343. The van der Waals surface area contributed by atoms with E-state index in [9.17, 15) is 29.2 Å². The lowest BCUT2D eigenvalue weighted by Crippen LogP contribution is -2.54. The first-order valence-corrected chi connectivity index (χ1v) is 10.2. The minimum atomic E-state index is -1.73. The Morgan fingerprint density at radius 1 is 0.906 bits per heavy atom. The van der Waals surface area contributed by atoms with Gasteiger partial charge >= 0.3 is 0 Å². The molecule has 5 atom stereocenters. The van der Waals surface area contributed by atoms with Gasteiger partial charge in [0.2, 0.25) is 5.82 Å². The first kappa shape index (κ1) is 22.8. The molecule has 0 unspecified atom stereocenters. The van der Waals surface area contributed by atoms with Gasteiger partial charge in [-0.25, -0.2) is 4.39 Å². The Labute approximate surface area is 187 Å². The third-order valence-electron chi connectivity index (χ3n) is 5.71. The molecule has 0 saturated carbocycles. The molecule has 3 aromatic rings. The van der Waals surface area contributed by atoms with Gasteiger partial charge in [-0.1, -0.05) is 48.0 Å². The van der Waals surface area contributed by atoms with Crippen LogP contribution in [0.2, 0.25) is 5.02 Å². The van der Waals surface area contributed by atoms with E-state index in [0.29, 0.717) is 26.9 Å². The summed E-state index contributed by atoms with van der Waals surface area (Å²) in [6.45, 7) is 0. The fourth-order valence-electron chi connectivity index (χ4n) is 3.98. The molecule has 1 saturated heterocycles. The summed E-state index contributed by atoms with van der Waals surface area (Å²) in [4.78, 5) is 0. The van der Waals surface area contributed by atoms with Gasteiger partial charge in [0.25, 0.3) is 0 Å². The molecule has 4 N–H and O–H groups in total. The number of aliphatic hydroxyl groups is 4. The van der Waals surface area contributed by atoms with Crippen LogP contribution < -0.4 is 4.74 Å². The average Bonchev–Trinajstić information content (AvgIpc) is 2.80. The Balaban J connectivity index is 1.84. The van der Waals surface area contributed by atoms with E-state index in [4.69, 9.17) is 21.1 Å². The Morgan fingerprint density at radius 3 is 2.28 bits per heavy atom. The molecule has 170 valence electrons. The fourth-order valence-corrected chi connectivity index (χ4v) is 4.27. The van der Waals surface area contributed by atoms with E-state index in [2.05, 4.69) is 0 Å². The van der Waals surface area contributed by atoms with E-state index in [-0.39, 0.29) is 17.7 Å². The highest BCUT2D eigenvalue weighted by atomic mass is 35.5. The monoisotopic (exact) mass is 466 g/mol. The van der Waals surface area contributed by atoms with Crippen LogP contribution in [0.3, 0.4) is 0 Å². The highest BCUT2D eigenvalue weighted by molar-refractivity contribution is 6.36. The highest BCUT2D eigenvalue weighted by Gasteiger charge is 2.44. The largest absolute Gasteiger partial charge is 0.494 e. The molecule has 9 heteroatoms. The number of ether oxygens (including phenoxy) is 2. The number of halogens is 3. The SMILES string of the molecule is COc1ccc(Cc2cc([C@@H]3O[C@H](O)[C@@H](O)[C@H](O)[C@H]3O)c3ccccc3c2Cl)c(F)c1F. The molecule has 0 spiro atoms. The van der Waals surface area contributed by atoms with Crippen LogP contribution in [0, 0.1) is 11.6 Å². The maximum Gasteiger partial charge on any atom is 0.200 e. The number of hydrogen-bond acceptors (Lipinski definition) is 6. The zero-order chi connectivity index (χ0) is 23.2. The molecular weight excluding hydrogens is 446 g/mol. The van der Waals surface area contributed by atoms with Crippen molar-refractivity contribution >= 4 is 22.4 Å². The van der Waals surface area contributed by atoms with Crippen LogP contribution in [0.15, 0.2) is 42.5 Å². The molecular formula is C23H21ClF2O6. The number of aliphatic hydroxyl groups excluding tert-OH is 4. The standard InChI is InChI=1S/C23H21ClF2O6/c1-31-15-7-6-10(17(25)18(15)26)8-11-9-14(12-4-2-3-5-13(12)16(11)24)22-20(28)19(27)21(29)23(30)32-22/h2-7,9,19-23,27-30H,8H2,1H3/t19-,20-,21+,22+,23+/m1/s1. The quantitative estimate of drug-likeness (QED) is 0.472. The fraction of sp³-hybridized carbons (Fsp3) is 0.304. The van der Waals surface area contributed by atoms with Crippen molar-refractivity contribution in [3.05, 3.63) is 75.8 Å². The Morgan fingerprint density at radius 2 is 1.59 bits per heavy atom. The zero-order valence-electron chi connectivity index (χ0n) is 16.9. The summed E-state index contributed by atoms with van der Waals surface area (Å²) in [7, 11) is 1.24. The van der Waals surface area contributed by atoms with Crippen LogP contribution in [0.5, 0.6) is 5.75 Å². The second-order valence-electron chi connectivity index (χ2n) is 7.64. The molecule has 0 bridgehead atoms. The van der Waals surface area contributed by atoms with Crippen molar-refractivity contribution in [3.8, 4) is 5.75 Å². The lowest BCUT2D eigenvalue weighted by Gasteiger charge is -2.39. The summed E-state index contributed by atoms with van der Waals surface area (Å²) in [6.07, 6.45) is -7.92. The first-order valence-electron chi connectivity index (χ1n) is 9.83.